The van der Waals surface area contributed by atoms with Crippen molar-refractivity contribution in [2.24, 2.45) is 0 Å². The number of nitrogens with one attached hydrogen (secondary N) is 1. The Labute approximate surface area is 194 Å². The largest absolute Gasteiger partial charge is 0.362 e. The second kappa shape index (κ2) is 11.4. The van der Waals surface area contributed by atoms with Gasteiger partial charge in [-0.15, -0.1) is 0 Å². The molecular weight excluding hydrogens is 450 g/mol. The van der Waals surface area contributed by atoms with Gasteiger partial charge in [0.05, 0.1) is 9.82 Å². The predicted octanol–water partition coefficient (Wildman–Crippen LogP) is 1.58. The van der Waals surface area contributed by atoms with Crippen LogP contribution in [0.25, 0.3) is 0 Å². The van der Waals surface area contributed by atoms with E-state index in [1.54, 1.807) is 23.6 Å². The van der Waals surface area contributed by atoms with Crippen molar-refractivity contribution in [2.75, 3.05) is 44.2 Å². The van der Waals surface area contributed by atoms with E-state index in [1.807, 2.05) is 6.92 Å². The highest BCUT2D eigenvalue weighted by Gasteiger charge is 2.31. The van der Waals surface area contributed by atoms with Crippen molar-refractivity contribution in [3.05, 3.63) is 28.3 Å². The zero-order valence-corrected chi connectivity index (χ0v) is 20.4. The summed E-state index contributed by atoms with van der Waals surface area (Å²) in [5, 5.41) is 14.4. The third-order valence-electron chi connectivity index (χ3n) is 5.67. The lowest BCUT2D eigenvalue weighted by Gasteiger charge is -2.37. The second-order valence-electron chi connectivity index (χ2n) is 7.85. The van der Waals surface area contributed by atoms with Gasteiger partial charge in [-0.05, 0) is 18.6 Å². The van der Waals surface area contributed by atoms with Gasteiger partial charge in [-0.1, -0.05) is 27.2 Å². The summed E-state index contributed by atoms with van der Waals surface area (Å²) in [5.74, 6) is -0.433. The van der Waals surface area contributed by atoms with Gasteiger partial charge in [-0.2, -0.15) is 4.31 Å². The van der Waals surface area contributed by atoms with Gasteiger partial charge in [0.15, 0.2) is 0 Å². The van der Waals surface area contributed by atoms with Gasteiger partial charge >= 0.3 is 0 Å². The number of rotatable bonds is 10. The Morgan fingerprint density at radius 3 is 2.24 bits per heavy atom. The van der Waals surface area contributed by atoms with Crippen LogP contribution < -0.4 is 10.2 Å². The minimum Gasteiger partial charge on any atom is -0.362 e. The molecule has 0 aliphatic carbocycles. The number of anilines is 1. The SMILES string of the molecule is CCC[C@H](NC(C)=O)C(=O)N1CCN(c2ccc(S(=O)(=O)N(CC)CC)cc2[N+](=O)[O-])CC1. The van der Waals surface area contributed by atoms with E-state index in [4.69, 9.17) is 0 Å². The summed E-state index contributed by atoms with van der Waals surface area (Å²) >= 11 is 0. The molecule has 0 aromatic heterocycles. The van der Waals surface area contributed by atoms with Crippen molar-refractivity contribution in [1.82, 2.24) is 14.5 Å². The first-order valence-corrected chi connectivity index (χ1v) is 12.6. The fourth-order valence-electron chi connectivity index (χ4n) is 3.97. The van der Waals surface area contributed by atoms with Crippen LogP contribution in [0.1, 0.15) is 40.5 Å². The molecule has 1 N–H and O–H groups in total. The lowest BCUT2D eigenvalue weighted by atomic mass is 10.1. The van der Waals surface area contributed by atoms with Crippen molar-refractivity contribution in [2.45, 2.75) is 51.5 Å². The van der Waals surface area contributed by atoms with Crippen LogP contribution in [0.2, 0.25) is 0 Å². The van der Waals surface area contributed by atoms with Crippen molar-refractivity contribution in [3.8, 4) is 0 Å². The van der Waals surface area contributed by atoms with E-state index in [1.165, 1.54) is 23.4 Å². The summed E-state index contributed by atoms with van der Waals surface area (Å²) < 4.78 is 26.8. The Balaban J connectivity index is 2.22. The van der Waals surface area contributed by atoms with Crippen LogP contribution in [-0.4, -0.2) is 79.7 Å². The van der Waals surface area contributed by atoms with Crippen molar-refractivity contribution in [1.29, 1.82) is 0 Å². The minimum absolute atomic E-state index is 0.117. The summed E-state index contributed by atoms with van der Waals surface area (Å²) in [7, 11) is -3.83. The molecule has 1 aliphatic heterocycles. The van der Waals surface area contributed by atoms with Crippen LogP contribution in [0.3, 0.4) is 0 Å². The van der Waals surface area contributed by atoms with Gasteiger partial charge in [-0.3, -0.25) is 19.7 Å². The normalized spacial score (nSPS) is 15.4. The number of hydrogen-bond acceptors (Lipinski definition) is 7. The smallest absolute Gasteiger partial charge is 0.293 e. The molecule has 1 aromatic carbocycles. The molecule has 0 unspecified atom stereocenters. The Hall–Kier alpha value is -2.73. The average Bonchev–Trinajstić information content (AvgIpc) is 2.78. The van der Waals surface area contributed by atoms with Crippen LogP contribution in [0.4, 0.5) is 11.4 Å². The fraction of sp³-hybridized carbons (Fsp3) is 0.619. The highest BCUT2D eigenvalue weighted by atomic mass is 32.2. The quantitative estimate of drug-likeness (QED) is 0.394. The van der Waals surface area contributed by atoms with Gasteiger partial charge in [0.1, 0.15) is 11.7 Å². The van der Waals surface area contributed by atoms with Crippen molar-refractivity contribution in [3.63, 3.8) is 0 Å². The first-order valence-electron chi connectivity index (χ1n) is 11.2. The van der Waals surface area contributed by atoms with Gasteiger partial charge in [0.2, 0.25) is 21.8 Å². The summed E-state index contributed by atoms with van der Waals surface area (Å²) in [4.78, 5) is 38.8. The molecule has 1 fully saturated rings. The Bertz CT molecular complexity index is 971. The van der Waals surface area contributed by atoms with Gasteiger partial charge in [0.25, 0.3) is 5.69 Å². The maximum absolute atomic E-state index is 12.8. The fourth-order valence-corrected chi connectivity index (χ4v) is 5.45. The van der Waals surface area contributed by atoms with E-state index in [0.717, 1.165) is 12.5 Å². The highest BCUT2D eigenvalue weighted by molar-refractivity contribution is 7.89. The molecule has 1 saturated heterocycles. The average molecular weight is 484 g/mol. The third kappa shape index (κ3) is 6.20. The van der Waals surface area contributed by atoms with Gasteiger partial charge in [-0.25, -0.2) is 8.42 Å². The number of sulfonamides is 1. The number of amides is 2. The summed E-state index contributed by atoms with van der Waals surface area (Å²) in [6, 6.07) is 3.37. The first kappa shape index (κ1) is 26.5. The Morgan fingerprint density at radius 2 is 1.76 bits per heavy atom. The second-order valence-corrected chi connectivity index (χ2v) is 9.79. The third-order valence-corrected chi connectivity index (χ3v) is 7.72. The van der Waals surface area contributed by atoms with Crippen molar-refractivity contribution < 1.29 is 22.9 Å². The summed E-state index contributed by atoms with van der Waals surface area (Å²) in [6.07, 6.45) is 1.28. The topological polar surface area (TPSA) is 133 Å². The number of piperazine rings is 1. The molecule has 2 rings (SSSR count). The van der Waals surface area contributed by atoms with Crippen molar-refractivity contribution >= 4 is 33.2 Å². The molecule has 0 spiro atoms. The molecule has 0 bridgehead atoms. The van der Waals surface area contributed by atoms with E-state index < -0.39 is 21.0 Å². The molecule has 11 nitrogen and oxygen atoms in total. The van der Waals surface area contributed by atoms with Crippen LogP contribution >= 0.6 is 0 Å². The minimum atomic E-state index is -3.83. The molecule has 1 aromatic rings. The van der Waals surface area contributed by atoms with Gasteiger partial charge in [0, 0.05) is 52.3 Å². The zero-order chi connectivity index (χ0) is 24.8. The molecule has 1 atom stereocenters. The molecule has 0 saturated carbocycles. The molecule has 33 heavy (non-hydrogen) atoms. The molecule has 2 amide bonds. The summed E-state index contributed by atoms with van der Waals surface area (Å²) in [5.41, 5.74) is 0.0303. The van der Waals surface area contributed by atoms with E-state index in [2.05, 4.69) is 5.32 Å². The number of nitro groups is 1. The number of carbonyl (C=O) groups is 2. The molecular formula is C21H33N5O6S. The van der Waals surface area contributed by atoms with E-state index >= 15 is 0 Å². The molecule has 184 valence electrons. The number of nitro benzene ring substituents is 1. The Morgan fingerprint density at radius 1 is 1.15 bits per heavy atom. The maximum Gasteiger partial charge on any atom is 0.293 e. The number of benzene rings is 1. The van der Waals surface area contributed by atoms with E-state index in [-0.39, 0.29) is 35.5 Å². The summed E-state index contributed by atoms with van der Waals surface area (Å²) in [6.45, 7) is 8.65. The molecule has 1 aliphatic rings. The standard InChI is InChI=1S/C21H33N5O6S/c1-5-8-18(22-16(4)27)21(28)24-13-11-23(12-14-24)19-10-9-17(15-20(19)26(29)30)33(31,32)25(6-2)7-3/h9-10,15,18H,5-8,11-14H2,1-4H3,(H,22,27)/t18-/m0/s1. The van der Waals surface area contributed by atoms with Crippen LogP contribution in [0, 0.1) is 10.1 Å². The van der Waals surface area contributed by atoms with Crippen LogP contribution in [0.15, 0.2) is 23.1 Å². The molecule has 12 heteroatoms. The molecule has 1 heterocycles. The Kier molecular flexibility index (Phi) is 9.17. The zero-order valence-electron chi connectivity index (χ0n) is 19.6. The lowest BCUT2D eigenvalue weighted by molar-refractivity contribution is -0.384. The van der Waals surface area contributed by atoms with E-state index in [0.29, 0.717) is 38.3 Å². The number of carbonyl (C=O) groups excluding carboxylic acids is 2. The van der Waals surface area contributed by atoms with Gasteiger partial charge < -0.3 is 15.1 Å². The maximum atomic E-state index is 12.8. The number of nitrogens with zero attached hydrogens (tertiary/aromatic N) is 4. The number of hydrogen-bond donors (Lipinski definition) is 1. The highest BCUT2D eigenvalue weighted by Crippen LogP contribution is 2.32. The predicted molar refractivity (Wildman–Crippen MR) is 125 cm³/mol. The lowest BCUT2D eigenvalue weighted by Crippen LogP contribution is -2.54. The van der Waals surface area contributed by atoms with Crippen LogP contribution in [-0.2, 0) is 19.6 Å². The van der Waals surface area contributed by atoms with E-state index in [9.17, 15) is 28.1 Å². The van der Waals surface area contributed by atoms with Crippen LogP contribution in [0.5, 0.6) is 0 Å². The first-order chi connectivity index (χ1) is 15.6. The monoisotopic (exact) mass is 483 g/mol. The molecule has 0 radical (unpaired) electrons.